The van der Waals surface area contributed by atoms with Gasteiger partial charge in [-0.1, -0.05) is 11.6 Å². The van der Waals surface area contributed by atoms with Gasteiger partial charge >= 0.3 is 0 Å². The van der Waals surface area contributed by atoms with Crippen molar-refractivity contribution >= 4 is 28.3 Å². The van der Waals surface area contributed by atoms with E-state index in [4.69, 9.17) is 26.8 Å². The van der Waals surface area contributed by atoms with Crippen LogP contribution < -0.4 is 10.5 Å². The molecule has 1 unspecified atom stereocenters. The number of pyridine rings is 1. The number of carbonyl (C=O) groups excluding carboxylic acids is 1. The molecule has 0 saturated heterocycles. The van der Waals surface area contributed by atoms with Gasteiger partial charge in [0, 0.05) is 22.6 Å². The van der Waals surface area contributed by atoms with Gasteiger partial charge < -0.3 is 15.2 Å². The summed E-state index contributed by atoms with van der Waals surface area (Å²) in [5.74, 6) is 0.0620. The second kappa shape index (κ2) is 7.29. The molecule has 2 N–H and O–H groups in total. The SMILES string of the molecule is CCOc1ccc2cc(C3C(C#N)=C(N)OC(C)=C3C(C)=O)c(Cl)nc2c1. The molecule has 2 aromatic rings. The van der Waals surface area contributed by atoms with E-state index in [1.807, 2.05) is 31.2 Å². The lowest BCUT2D eigenvalue weighted by Crippen LogP contribution is -2.23. The predicted octanol–water partition coefficient (Wildman–Crippen LogP) is 3.96. The molecule has 0 bridgehead atoms. The quantitative estimate of drug-likeness (QED) is 0.802. The van der Waals surface area contributed by atoms with E-state index in [1.165, 1.54) is 6.92 Å². The van der Waals surface area contributed by atoms with Crippen molar-refractivity contribution in [1.82, 2.24) is 4.98 Å². The van der Waals surface area contributed by atoms with E-state index in [0.29, 0.717) is 34.8 Å². The molecule has 0 aliphatic carbocycles. The maximum absolute atomic E-state index is 12.3. The molecular weight excluding hydrogens is 366 g/mol. The average molecular weight is 384 g/mol. The van der Waals surface area contributed by atoms with Crippen molar-refractivity contribution < 1.29 is 14.3 Å². The number of Topliss-reactive ketones (excluding diaryl/α,β-unsaturated/α-hetero) is 1. The number of aromatic nitrogens is 1. The highest BCUT2D eigenvalue weighted by Gasteiger charge is 2.35. The minimum Gasteiger partial charge on any atom is -0.494 e. The zero-order valence-corrected chi connectivity index (χ0v) is 15.9. The molecule has 0 radical (unpaired) electrons. The number of nitrogens with zero attached hydrogens (tertiary/aromatic N) is 2. The first-order valence-electron chi connectivity index (χ1n) is 8.39. The van der Waals surface area contributed by atoms with Crippen molar-refractivity contribution in [3.05, 3.63) is 57.8 Å². The number of carbonyl (C=O) groups is 1. The maximum atomic E-state index is 12.3. The first-order chi connectivity index (χ1) is 12.9. The number of hydrogen-bond donors (Lipinski definition) is 1. The Labute approximate surface area is 161 Å². The van der Waals surface area contributed by atoms with Crippen LogP contribution in [0.15, 0.2) is 47.1 Å². The minimum absolute atomic E-state index is 0.0344. The van der Waals surface area contributed by atoms with Crippen molar-refractivity contribution in [3.63, 3.8) is 0 Å². The van der Waals surface area contributed by atoms with Crippen LogP contribution in [0.4, 0.5) is 0 Å². The third kappa shape index (κ3) is 3.34. The Morgan fingerprint density at radius 3 is 2.81 bits per heavy atom. The standard InChI is InChI=1S/C20H18ClN3O3/c1-4-26-13-6-5-12-7-14(19(21)24-16(12)8-13)18-15(9-22)20(23)27-11(3)17(18)10(2)25/h5-8,18H,4,23H2,1-3H3. The fraction of sp³-hybridized carbons (Fsp3) is 0.250. The number of ketones is 1. The van der Waals surface area contributed by atoms with Crippen LogP contribution in [-0.4, -0.2) is 17.4 Å². The Balaban J connectivity index is 2.23. The van der Waals surface area contributed by atoms with Gasteiger partial charge in [-0.25, -0.2) is 4.98 Å². The number of benzene rings is 1. The van der Waals surface area contributed by atoms with Crippen LogP contribution in [0.1, 0.15) is 32.3 Å². The molecule has 138 valence electrons. The maximum Gasteiger partial charge on any atom is 0.205 e. The van der Waals surface area contributed by atoms with Crippen molar-refractivity contribution in [2.45, 2.75) is 26.7 Å². The van der Waals surface area contributed by atoms with E-state index in [9.17, 15) is 10.1 Å². The number of hydrogen-bond acceptors (Lipinski definition) is 6. The number of nitrogens with two attached hydrogens (primary N) is 1. The highest BCUT2D eigenvalue weighted by Crippen LogP contribution is 2.42. The number of ether oxygens (including phenoxy) is 2. The lowest BCUT2D eigenvalue weighted by molar-refractivity contribution is -0.114. The summed E-state index contributed by atoms with van der Waals surface area (Å²) in [5, 5.41) is 10.6. The molecule has 1 aromatic carbocycles. The van der Waals surface area contributed by atoms with Crippen LogP contribution in [0, 0.1) is 11.3 Å². The van der Waals surface area contributed by atoms with E-state index in [0.717, 1.165) is 5.39 Å². The molecule has 1 aliphatic rings. The second-order valence-electron chi connectivity index (χ2n) is 6.11. The predicted molar refractivity (Wildman–Crippen MR) is 102 cm³/mol. The number of rotatable bonds is 4. The third-order valence-corrected chi connectivity index (χ3v) is 4.68. The minimum atomic E-state index is -0.725. The van der Waals surface area contributed by atoms with Crippen LogP contribution in [0.2, 0.25) is 5.15 Å². The summed E-state index contributed by atoms with van der Waals surface area (Å²) in [6.07, 6.45) is 0. The molecule has 1 aromatic heterocycles. The molecule has 0 saturated carbocycles. The molecule has 0 amide bonds. The van der Waals surface area contributed by atoms with E-state index >= 15 is 0 Å². The molecule has 0 spiro atoms. The Kier molecular flexibility index (Phi) is 5.06. The Morgan fingerprint density at radius 1 is 1.44 bits per heavy atom. The van der Waals surface area contributed by atoms with Crippen LogP contribution in [-0.2, 0) is 9.53 Å². The first-order valence-corrected chi connectivity index (χ1v) is 8.77. The summed E-state index contributed by atoms with van der Waals surface area (Å²) in [4.78, 5) is 16.7. The summed E-state index contributed by atoms with van der Waals surface area (Å²) >= 11 is 6.45. The summed E-state index contributed by atoms with van der Waals surface area (Å²) in [7, 11) is 0. The third-order valence-electron chi connectivity index (χ3n) is 4.38. The Bertz CT molecular complexity index is 1050. The van der Waals surface area contributed by atoms with Gasteiger partial charge in [-0.2, -0.15) is 5.26 Å². The lowest BCUT2D eigenvalue weighted by atomic mass is 9.82. The number of allylic oxidation sites excluding steroid dienone is 3. The van der Waals surface area contributed by atoms with Crippen molar-refractivity contribution in [1.29, 1.82) is 5.26 Å². The molecule has 1 atom stereocenters. The summed E-state index contributed by atoms with van der Waals surface area (Å²) in [6.45, 7) is 5.50. The van der Waals surface area contributed by atoms with Gasteiger partial charge in [-0.15, -0.1) is 0 Å². The first kappa shape index (κ1) is 18.7. The van der Waals surface area contributed by atoms with Gasteiger partial charge in [0.2, 0.25) is 5.88 Å². The average Bonchev–Trinajstić information content (AvgIpc) is 2.60. The van der Waals surface area contributed by atoms with Gasteiger partial charge in [-0.3, -0.25) is 4.79 Å². The Morgan fingerprint density at radius 2 is 2.19 bits per heavy atom. The van der Waals surface area contributed by atoms with E-state index in [-0.39, 0.29) is 22.4 Å². The highest BCUT2D eigenvalue weighted by atomic mass is 35.5. The zero-order valence-electron chi connectivity index (χ0n) is 15.2. The smallest absolute Gasteiger partial charge is 0.205 e. The van der Waals surface area contributed by atoms with Gasteiger partial charge in [-0.05, 0) is 39.0 Å². The molecule has 2 heterocycles. The van der Waals surface area contributed by atoms with Gasteiger partial charge in [0.1, 0.15) is 28.3 Å². The topological polar surface area (TPSA) is 98.2 Å². The van der Waals surface area contributed by atoms with Gasteiger partial charge in [0.05, 0.1) is 18.0 Å². The van der Waals surface area contributed by atoms with E-state index in [1.54, 1.807) is 13.0 Å². The van der Waals surface area contributed by atoms with Crippen LogP contribution in [0.5, 0.6) is 5.75 Å². The number of halogens is 1. The summed E-state index contributed by atoms with van der Waals surface area (Å²) in [6, 6.07) is 9.34. The molecule has 0 fully saturated rings. The van der Waals surface area contributed by atoms with E-state index in [2.05, 4.69) is 4.98 Å². The molecular formula is C20H18ClN3O3. The summed E-state index contributed by atoms with van der Waals surface area (Å²) < 4.78 is 10.9. The second-order valence-corrected chi connectivity index (χ2v) is 6.46. The zero-order chi connectivity index (χ0) is 19.7. The fourth-order valence-electron chi connectivity index (χ4n) is 3.25. The van der Waals surface area contributed by atoms with Gasteiger partial charge in [0.25, 0.3) is 0 Å². The highest BCUT2D eigenvalue weighted by molar-refractivity contribution is 6.30. The normalized spacial score (nSPS) is 16.9. The molecule has 27 heavy (non-hydrogen) atoms. The van der Waals surface area contributed by atoms with Crippen LogP contribution in [0.3, 0.4) is 0 Å². The molecule has 6 nitrogen and oxygen atoms in total. The van der Waals surface area contributed by atoms with Crippen molar-refractivity contribution in [2.75, 3.05) is 6.61 Å². The van der Waals surface area contributed by atoms with Crippen molar-refractivity contribution in [3.8, 4) is 11.8 Å². The number of fused-ring (bicyclic) bond motifs is 1. The van der Waals surface area contributed by atoms with Gasteiger partial charge in [0.15, 0.2) is 5.78 Å². The Hall–Kier alpha value is -3.04. The molecule has 3 rings (SSSR count). The monoisotopic (exact) mass is 383 g/mol. The summed E-state index contributed by atoms with van der Waals surface area (Å²) in [5.41, 5.74) is 7.56. The fourth-order valence-corrected chi connectivity index (χ4v) is 3.50. The van der Waals surface area contributed by atoms with E-state index < -0.39 is 5.92 Å². The largest absolute Gasteiger partial charge is 0.494 e. The van der Waals surface area contributed by atoms with Crippen molar-refractivity contribution in [2.24, 2.45) is 5.73 Å². The molecule has 7 heteroatoms. The van der Waals surface area contributed by atoms with Crippen LogP contribution >= 0.6 is 11.6 Å². The molecule has 1 aliphatic heterocycles. The lowest BCUT2D eigenvalue weighted by Gasteiger charge is -2.27. The number of nitriles is 1. The van der Waals surface area contributed by atoms with Crippen LogP contribution in [0.25, 0.3) is 10.9 Å².